The molecule has 100 valence electrons. The van der Waals surface area contributed by atoms with Gasteiger partial charge in [0.05, 0.1) is 30.6 Å². The maximum absolute atomic E-state index is 11.5. The highest BCUT2D eigenvalue weighted by molar-refractivity contribution is 7.12. The van der Waals surface area contributed by atoms with Crippen LogP contribution in [0.1, 0.15) is 20.8 Å². The highest BCUT2D eigenvalue weighted by Crippen LogP contribution is 2.22. The third kappa shape index (κ3) is 3.22. The minimum Gasteiger partial charge on any atom is -0.465 e. The Bertz CT molecular complexity index is 668. The van der Waals surface area contributed by atoms with Crippen LogP contribution in [-0.4, -0.2) is 19.3 Å². The Hall–Kier alpha value is -2.65. The highest BCUT2D eigenvalue weighted by Gasteiger charge is 2.12. The number of hydrogen-bond acceptors (Lipinski definition) is 6. The largest absolute Gasteiger partial charge is 0.465 e. The Labute approximate surface area is 120 Å². The first-order valence-electron chi connectivity index (χ1n) is 5.69. The maximum atomic E-state index is 11.5. The number of anilines is 1. The normalized spacial score (nSPS) is 10.2. The molecule has 0 unspecified atom stereocenters. The number of rotatable bonds is 4. The molecule has 2 aromatic rings. The number of nitrogens with zero attached hydrogens (tertiary/aromatic N) is 2. The van der Waals surface area contributed by atoms with Crippen molar-refractivity contribution in [2.24, 2.45) is 5.10 Å². The molecule has 0 aliphatic rings. The summed E-state index contributed by atoms with van der Waals surface area (Å²) in [5.41, 5.74) is 4.85. The summed E-state index contributed by atoms with van der Waals surface area (Å²) in [4.78, 5) is 11.9. The van der Waals surface area contributed by atoms with Gasteiger partial charge in [-0.15, -0.1) is 11.3 Å². The molecular weight excluding hydrogens is 274 g/mol. The quantitative estimate of drug-likeness (QED) is 0.532. The van der Waals surface area contributed by atoms with E-state index in [-0.39, 0.29) is 0 Å². The van der Waals surface area contributed by atoms with Crippen LogP contribution in [0.3, 0.4) is 0 Å². The first kappa shape index (κ1) is 13.8. The van der Waals surface area contributed by atoms with E-state index in [1.165, 1.54) is 18.4 Å². The molecule has 0 aliphatic carbocycles. The summed E-state index contributed by atoms with van der Waals surface area (Å²) in [7, 11) is 1.34. The lowest BCUT2D eigenvalue weighted by atomic mass is 10.2. The lowest BCUT2D eigenvalue weighted by Crippen LogP contribution is -2.01. The number of hydrazone groups is 1. The van der Waals surface area contributed by atoms with E-state index >= 15 is 0 Å². The van der Waals surface area contributed by atoms with E-state index in [0.29, 0.717) is 16.1 Å². The van der Waals surface area contributed by atoms with Crippen LogP contribution in [0.5, 0.6) is 0 Å². The van der Waals surface area contributed by atoms with Crippen molar-refractivity contribution < 1.29 is 9.53 Å². The molecule has 1 N–H and O–H groups in total. The topological polar surface area (TPSA) is 74.5 Å². The first-order chi connectivity index (χ1) is 9.74. The number of nitriles is 1. The maximum Gasteiger partial charge on any atom is 0.350 e. The van der Waals surface area contributed by atoms with E-state index in [1.807, 2.05) is 6.07 Å². The fourth-order valence-electron chi connectivity index (χ4n) is 1.47. The predicted octanol–water partition coefficient (Wildman–Crippen LogP) is 2.85. The third-order valence-corrected chi connectivity index (χ3v) is 3.37. The van der Waals surface area contributed by atoms with Crippen LogP contribution in [0.4, 0.5) is 5.69 Å². The van der Waals surface area contributed by atoms with Crippen molar-refractivity contribution in [1.82, 2.24) is 0 Å². The molecule has 1 aromatic carbocycles. The molecule has 0 bridgehead atoms. The van der Waals surface area contributed by atoms with Gasteiger partial charge in [0.2, 0.25) is 0 Å². The minimum atomic E-state index is -0.393. The molecule has 6 heteroatoms. The van der Waals surface area contributed by atoms with Gasteiger partial charge >= 0.3 is 5.97 Å². The zero-order chi connectivity index (χ0) is 14.4. The second-order valence-electron chi connectivity index (χ2n) is 3.76. The molecule has 0 fully saturated rings. The summed E-state index contributed by atoms with van der Waals surface area (Å²) in [5.74, 6) is -0.393. The number of benzene rings is 1. The Balaban J connectivity index is 2.05. The number of thiophene rings is 1. The summed E-state index contributed by atoms with van der Waals surface area (Å²) in [6.45, 7) is 0. The second kappa shape index (κ2) is 6.50. The van der Waals surface area contributed by atoms with Gasteiger partial charge in [0.1, 0.15) is 4.88 Å². The van der Waals surface area contributed by atoms with Crippen LogP contribution < -0.4 is 5.43 Å². The molecule has 0 atom stereocenters. The Morgan fingerprint density at radius 3 is 2.80 bits per heavy atom. The zero-order valence-corrected chi connectivity index (χ0v) is 11.5. The number of esters is 1. The Kier molecular flexibility index (Phi) is 4.47. The van der Waals surface area contributed by atoms with Crippen molar-refractivity contribution in [3.63, 3.8) is 0 Å². The number of methoxy groups -OCH3 is 1. The summed E-state index contributed by atoms with van der Waals surface area (Å²) in [6.07, 6.45) is 1.61. The summed E-state index contributed by atoms with van der Waals surface area (Å²) in [6, 6.07) is 10.8. The fourth-order valence-corrected chi connectivity index (χ4v) is 2.23. The lowest BCUT2D eigenvalue weighted by Gasteiger charge is -2.00. The molecule has 0 spiro atoms. The number of nitrogens with one attached hydrogen (secondary N) is 1. The van der Waals surface area contributed by atoms with Gasteiger partial charge in [-0.25, -0.2) is 4.79 Å². The van der Waals surface area contributed by atoms with Gasteiger partial charge in [-0.2, -0.15) is 10.4 Å². The van der Waals surface area contributed by atoms with E-state index in [4.69, 9.17) is 5.26 Å². The van der Waals surface area contributed by atoms with Gasteiger partial charge in [-0.05, 0) is 29.1 Å². The standard InChI is InChI=1S/C14H11N3O2S/c1-19-14(18)13-12(6-7-20-13)17-16-9-11-4-2-10(8-15)3-5-11/h2-7,9,17H,1H3. The van der Waals surface area contributed by atoms with E-state index < -0.39 is 5.97 Å². The van der Waals surface area contributed by atoms with E-state index in [2.05, 4.69) is 15.3 Å². The van der Waals surface area contributed by atoms with Crippen molar-refractivity contribution in [3.05, 3.63) is 51.7 Å². The molecule has 0 saturated heterocycles. The van der Waals surface area contributed by atoms with Crippen LogP contribution >= 0.6 is 11.3 Å². The first-order valence-corrected chi connectivity index (χ1v) is 6.57. The van der Waals surface area contributed by atoms with Crippen molar-refractivity contribution in [2.45, 2.75) is 0 Å². The van der Waals surface area contributed by atoms with Crippen LogP contribution in [0.2, 0.25) is 0 Å². The molecule has 5 nitrogen and oxygen atoms in total. The SMILES string of the molecule is COC(=O)c1sccc1NN=Cc1ccc(C#N)cc1. The Morgan fingerprint density at radius 1 is 1.40 bits per heavy atom. The number of hydrogen-bond donors (Lipinski definition) is 1. The number of ether oxygens (including phenoxy) is 1. The van der Waals surface area contributed by atoms with E-state index in [9.17, 15) is 4.79 Å². The molecule has 1 heterocycles. The van der Waals surface area contributed by atoms with Gasteiger partial charge in [0, 0.05) is 0 Å². The molecule has 2 rings (SSSR count). The average Bonchev–Trinajstić information content (AvgIpc) is 2.95. The van der Waals surface area contributed by atoms with Crippen molar-refractivity contribution >= 4 is 29.2 Å². The number of carbonyl (C=O) groups excluding carboxylic acids is 1. The summed E-state index contributed by atoms with van der Waals surface area (Å²) >= 11 is 1.29. The molecular formula is C14H11N3O2S. The average molecular weight is 285 g/mol. The molecule has 0 saturated carbocycles. The summed E-state index contributed by atoms with van der Waals surface area (Å²) < 4.78 is 4.67. The van der Waals surface area contributed by atoms with Gasteiger partial charge in [0.15, 0.2) is 0 Å². The molecule has 0 amide bonds. The molecule has 0 radical (unpaired) electrons. The van der Waals surface area contributed by atoms with Gasteiger partial charge in [0.25, 0.3) is 0 Å². The predicted molar refractivity (Wildman–Crippen MR) is 78.0 cm³/mol. The smallest absolute Gasteiger partial charge is 0.350 e. The van der Waals surface area contributed by atoms with Crippen LogP contribution in [0.25, 0.3) is 0 Å². The van der Waals surface area contributed by atoms with Crippen molar-refractivity contribution in [3.8, 4) is 6.07 Å². The molecule has 20 heavy (non-hydrogen) atoms. The van der Waals surface area contributed by atoms with E-state index in [0.717, 1.165) is 5.56 Å². The van der Waals surface area contributed by atoms with Crippen molar-refractivity contribution in [1.29, 1.82) is 5.26 Å². The van der Waals surface area contributed by atoms with Gasteiger partial charge < -0.3 is 4.74 Å². The second-order valence-corrected chi connectivity index (χ2v) is 4.67. The monoisotopic (exact) mass is 285 g/mol. The van der Waals surface area contributed by atoms with Crippen LogP contribution in [0, 0.1) is 11.3 Å². The van der Waals surface area contributed by atoms with Gasteiger partial charge in [-0.3, -0.25) is 5.43 Å². The van der Waals surface area contributed by atoms with E-state index in [1.54, 1.807) is 41.9 Å². The molecule has 1 aromatic heterocycles. The third-order valence-electron chi connectivity index (χ3n) is 2.47. The van der Waals surface area contributed by atoms with Crippen molar-refractivity contribution in [2.75, 3.05) is 12.5 Å². The Morgan fingerprint density at radius 2 is 2.15 bits per heavy atom. The summed E-state index contributed by atoms with van der Waals surface area (Å²) in [5, 5.41) is 14.5. The lowest BCUT2D eigenvalue weighted by molar-refractivity contribution is 0.0607. The highest BCUT2D eigenvalue weighted by atomic mass is 32.1. The molecule has 0 aliphatic heterocycles. The zero-order valence-electron chi connectivity index (χ0n) is 10.7. The number of carbonyl (C=O) groups is 1. The van der Waals surface area contributed by atoms with Crippen LogP contribution in [0.15, 0.2) is 40.8 Å². The fraction of sp³-hybridized carbons (Fsp3) is 0.0714. The van der Waals surface area contributed by atoms with Crippen LogP contribution in [-0.2, 0) is 4.74 Å². The minimum absolute atomic E-state index is 0.393. The van der Waals surface area contributed by atoms with Gasteiger partial charge in [-0.1, -0.05) is 12.1 Å².